The second kappa shape index (κ2) is 4.54. The fraction of sp³-hybridized carbons (Fsp3) is 0.100. The number of hydrogen-bond donors (Lipinski definition) is 1. The third-order valence-electron chi connectivity index (χ3n) is 1.72. The van der Waals surface area contributed by atoms with Crippen molar-refractivity contribution in [1.82, 2.24) is 9.97 Å². The molecule has 0 amide bonds. The van der Waals surface area contributed by atoms with Gasteiger partial charge in [-0.2, -0.15) is 0 Å². The molecule has 14 heavy (non-hydrogen) atoms. The third kappa shape index (κ3) is 2.11. The van der Waals surface area contributed by atoms with Crippen molar-refractivity contribution in [3.05, 3.63) is 24.3 Å². The predicted octanol–water partition coefficient (Wildman–Crippen LogP) is 3.01. The Morgan fingerprint density at radius 2 is 2.29 bits per heavy atom. The number of benzene rings is 1. The van der Waals surface area contributed by atoms with Crippen molar-refractivity contribution in [2.24, 2.45) is 0 Å². The number of thioether (sulfide) groups is 1. The van der Waals surface area contributed by atoms with E-state index in [-0.39, 0.29) is 0 Å². The molecule has 2 aromatic rings. The third-order valence-corrected chi connectivity index (χ3v) is 2.75. The Balaban J connectivity index is 2.21. The maximum atomic E-state index is 4.41. The largest absolute Gasteiger partial charge is 0.333 e. The van der Waals surface area contributed by atoms with E-state index in [0.29, 0.717) is 0 Å². The summed E-state index contributed by atoms with van der Waals surface area (Å²) in [5.41, 5.74) is 2.07. The number of imidazole rings is 1. The van der Waals surface area contributed by atoms with Gasteiger partial charge in [-0.15, -0.1) is 0 Å². The zero-order valence-electron chi connectivity index (χ0n) is 7.25. The number of fused-ring (bicyclic) bond motifs is 1. The molecule has 0 unspecified atom stereocenters. The first-order valence-electron chi connectivity index (χ1n) is 4.06. The van der Waals surface area contributed by atoms with Crippen LogP contribution in [0.3, 0.4) is 0 Å². The first-order valence-corrected chi connectivity index (χ1v) is 5.84. The summed E-state index contributed by atoms with van der Waals surface area (Å²) in [5, 5.41) is 0.918. The number of aromatic amines is 1. The number of hydrogen-bond acceptors (Lipinski definition) is 2. The highest BCUT2D eigenvalue weighted by atomic mass is 79.9. The van der Waals surface area contributed by atoms with E-state index in [2.05, 4.69) is 36.6 Å². The molecule has 0 saturated carbocycles. The van der Waals surface area contributed by atoms with Crippen LogP contribution in [0.25, 0.3) is 11.0 Å². The number of nitrogens with zero attached hydrogens (tertiary/aromatic N) is 1. The maximum absolute atomic E-state index is 4.41. The molecule has 1 aromatic carbocycles. The van der Waals surface area contributed by atoms with Gasteiger partial charge in [0.1, 0.15) is 0 Å². The molecule has 0 aliphatic heterocycles. The average molecular weight is 267 g/mol. The van der Waals surface area contributed by atoms with Gasteiger partial charge in [0.15, 0.2) is 5.16 Å². The smallest absolute Gasteiger partial charge is 0.167 e. The van der Waals surface area contributed by atoms with E-state index in [0.717, 1.165) is 21.9 Å². The van der Waals surface area contributed by atoms with Crippen molar-refractivity contribution in [1.29, 1.82) is 0 Å². The minimum atomic E-state index is 0.741. The molecule has 0 radical (unpaired) electrons. The average Bonchev–Trinajstić information content (AvgIpc) is 2.60. The van der Waals surface area contributed by atoms with Crippen LogP contribution in [0.1, 0.15) is 0 Å². The maximum Gasteiger partial charge on any atom is 0.167 e. The van der Waals surface area contributed by atoms with Crippen LogP contribution in [0, 0.1) is 10.8 Å². The summed E-state index contributed by atoms with van der Waals surface area (Å²) in [5.74, 6) is 3.65. The number of nitrogens with one attached hydrogen (secondary N) is 1. The minimum absolute atomic E-state index is 0.741. The molecule has 0 bridgehead atoms. The molecule has 0 saturated heterocycles. The Kier molecular flexibility index (Phi) is 3.12. The molecule has 1 aromatic heterocycles. The van der Waals surface area contributed by atoms with Gasteiger partial charge in [0, 0.05) is 15.9 Å². The second-order valence-corrected chi connectivity index (χ2v) is 3.98. The number of para-hydroxylation sites is 2. The number of aromatic nitrogens is 2. The number of H-pyrrole nitrogens is 1. The summed E-state index contributed by atoms with van der Waals surface area (Å²) in [6.45, 7) is 0. The Hall–Kier alpha value is -0.920. The molecule has 2 rings (SSSR count). The molecule has 1 N–H and O–H groups in total. The lowest BCUT2D eigenvalue weighted by molar-refractivity contribution is 1.08. The highest BCUT2D eigenvalue weighted by Crippen LogP contribution is 2.18. The van der Waals surface area contributed by atoms with Gasteiger partial charge in [-0.25, -0.2) is 4.98 Å². The van der Waals surface area contributed by atoms with E-state index in [1.807, 2.05) is 24.3 Å². The van der Waals surface area contributed by atoms with E-state index in [9.17, 15) is 0 Å². The molecule has 0 fully saturated rings. The van der Waals surface area contributed by atoms with Crippen LogP contribution in [0.5, 0.6) is 0 Å². The topological polar surface area (TPSA) is 28.7 Å². The van der Waals surface area contributed by atoms with Gasteiger partial charge in [-0.1, -0.05) is 29.8 Å². The van der Waals surface area contributed by atoms with Gasteiger partial charge < -0.3 is 4.98 Å². The van der Waals surface area contributed by atoms with Gasteiger partial charge in [-0.3, -0.25) is 0 Å². The van der Waals surface area contributed by atoms with Gasteiger partial charge in [-0.05, 0) is 17.0 Å². The molecule has 0 aliphatic rings. The summed E-state index contributed by atoms with van der Waals surface area (Å²) < 4.78 is 0. The molecule has 0 aliphatic carbocycles. The van der Waals surface area contributed by atoms with Crippen molar-refractivity contribution in [2.75, 3.05) is 5.75 Å². The normalized spacial score (nSPS) is 9.79. The zero-order chi connectivity index (χ0) is 9.80. The van der Waals surface area contributed by atoms with Crippen LogP contribution in [0.2, 0.25) is 0 Å². The first-order chi connectivity index (χ1) is 6.90. The fourth-order valence-electron chi connectivity index (χ4n) is 1.13. The van der Waals surface area contributed by atoms with Crippen LogP contribution < -0.4 is 0 Å². The van der Waals surface area contributed by atoms with E-state index in [4.69, 9.17) is 0 Å². The molecular weight excluding hydrogens is 260 g/mol. The van der Waals surface area contributed by atoms with Gasteiger partial charge in [0.2, 0.25) is 0 Å². The summed E-state index contributed by atoms with van der Waals surface area (Å²) >= 11 is 4.65. The van der Waals surface area contributed by atoms with E-state index in [1.54, 1.807) is 11.8 Å². The van der Waals surface area contributed by atoms with Crippen molar-refractivity contribution in [3.63, 3.8) is 0 Å². The zero-order valence-corrected chi connectivity index (χ0v) is 9.65. The summed E-state index contributed by atoms with van der Waals surface area (Å²) in [6, 6.07) is 7.98. The van der Waals surface area contributed by atoms with Crippen LogP contribution in [-0.2, 0) is 0 Å². The molecular formula is C10H7BrN2S. The fourth-order valence-corrected chi connectivity index (χ4v) is 2.08. The van der Waals surface area contributed by atoms with E-state index in [1.165, 1.54) is 0 Å². The van der Waals surface area contributed by atoms with Crippen LogP contribution in [0.4, 0.5) is 0 Å². The Bertz CT molecular complexity index is 462. The summed E-state index contributed by atoms with van der Waals surface area (Å²) in [7, 11) is 0. The lowest BCUT2D eigenvalue weighted by atomic mass is 10.3. The number of rotatable bonds is 2. The van der Waals surface area contributed by atoms with Crippen molar-refractivity contribution < 1.29 is 0 Å². The highest BCUT2D eigenvalue weighted by Gasteiger charge is 2.00. The van der Waals surface area contributed by atoms with E-state index < -0.39 is 0 Å². The Morgan fingerprint density at radius 3 is 3.07 bits per heavy atom. The van der Waals surface area contributed by atoms with Gasteiger partial charge in [0.25, 0.3) is 0 Å². The standard InChI is InChI=1S/C10H7BrN2S/c11-6-3-7-14-10-12-8-4-1-2-5-9(8)13-10/h1-2,4-5H,7H2,(H,12,13). The lowest BCUT2D eigenvalue weighted by Crippen LogP contribution is -1.75. The Labute approximate surface area is 94.6 Å². The van der Waals surface area contributed by atoms with E-state index >= 15 is 0 Å². The molecule has 2 nitrogen and oxygen atoms in total. The molecule has 0 atom stereocenters. The lowest BCUT2D eigenvalue weighted by Gasteiger charge is -1.86. The van der Waals surface area contributed by atoms with Crippen molar-refractivity contribution >= 4 is 38.7 Å². The minimum Gasteiger partial charge on any atom is -0.333 e. The summed E-state index contributed by atoms with van der Waals surface area (Å²) in [6.07, 6.45) is 0. The van der Waals surface area contributed by atoms with Crippen LogP contribution in [-0.4, -0.2) is 15.7 Å². The quantitative estimate of drug-likeness (QED) is 0.669. The molecule has 1 heterocycles. The van der Waals surface area contributed by atoms with Crippen LogP contribution >= 0.6 is 27.7 Å². The van der Waals surface area contributed by atoms with Gasteiger partial charge in [0.05, 0.1) is 16.8 Å². The van der Waals surface area contributed by atoms with Crippen molar-refractivity contribution in [2.45, 2.75) is 5.16 Å². The van der Waals surface area contributed by atoms with Crippen molar-refractivity contribution in [3.8, 4) is 10.8 Å². The number of halogens is 1. The first kappa shape index (κ1) is 9.63. The SMILES string of the molecule is BrC#CCSc1nc2ccccc2[nH]1. The van der Waals surface area contributed by atoms with Gasteiger partial charge >= 0.3 is 0 Å². The molecule has 0 spiro atoms. The molecule has 4 heteroatoms. The molecule has 70 valence electrons. The second-order valence-electron chi connectivity index (χ2n) is 2.62. The Morgan fingerprint density at radius 1 is 1.43 bits per heavy atom. The monoisotopic (exact) mass is 266 g/mol. The summed E-state index contributed by atoms with van der Waals surface area (Å²) in [4.78, 5) is 10.3. The predicted molar refractivity (Wildman–Crippen MR) is 63.5 cm³/mol. The van der Waals surface area contributed by atoms with Crippen LogP contribution in [0.15, 0.2) is 29.4 Å². The highest BCUT2D eigenvalue weighted by molar-refractivity contribution is 9.12.